The molecule has 16 heavy (non-hydrogen) atoms. The van der Waals surface area contributed by atoms with Crippen molar-refractivity contribution in [2.24, 2.45) is 0 Å². The minimum atomic E-state index is -0.856. The minimum absolute atomic E-state index is 0.0532. The van der Waals surface area contributed by atoms with Gasteiger partial charge in [-0.05, 0) is 26.7 Å². The monoisotopic (exact) mass is 236 g/mol. The number of aliphatic hydroxyl groups is 2. The van der Waals surface area contributed by atoms with Crippen LogP contribution in [0.3, 0.4) is 0 Å². The molecule has 0 aromatic heterocycles. The zero-order valence-electron chi connectivity index (χ0n) is 9.59. The molecule has 6 nitrogen and oxygen atoms in total. The van der Waals surface area contributed by atoms with Crippen molar-refractivity contribution in [3.8, 4) is 0 Å². The molecule has 0 radical (unpaired) electrons. The highest BCUT2D eigenvalue weighted by molar-refractivity contribution is 5.66. The van der Waals surface area contributed by atoms with E-state index in [2.05, 4.69) is 0 Å². The van der Waals surface area contributed by atoms with E-state index in [0.29, 0.717) is 12.8 Å². The number of carboxylic acids is 2. The molecular formula is C10H20O6. The molecule has 0 aromatic carbocycles. The molecule has 6 heteroatoms. The first-order valence-corrected chi connectivity index (χ1v) is 5.05. The highest BCUT2D eigenvalue weighted by Gasteiger charge is 1.99. The molecule has 0 saturated carbocycles. The lowest BCUT2D eigenvalue weighted by Gasteiger charge is -1.97. The zero-order valence-corrected chi connectivity index (χ0v) is 9.59. The molecule has 2 unspecified atom stereocenters. The Hall–Kier alpha value is -1.14. The van der Waals surface area contributed by atoms with Gasteiger partial charge in [0.2, 0.25) is 0 Å². The van der Waals surface area contributed by atoms with Gasteiger partial charge in [0.05, 0.1) is 12.2 Å². The number of aliphatic hydroxyl groups excluding tert-OH is 2. The Kier molecular flexibility index (Phi) is 11.2. The summed E-state index contributed by atoms with van der Waals surface area (Å²) in [6.45, 7) is 3.14. The van der Waals surface area contributed by atoms with Gasteiger partial charge in [0.25, 0.3) is 0 Å². The number of rotatable bonds is 6. The molecule has 0 spiro atoms. The molecule has 0 bridgehead atoms. The quantitative estimate of drug-likeness (QED) is 0.532. The van der Waals surface area contributed by atoms with Crippen molar-refractivity contribution in [3.05, 3.63) is 0 Å². The molecule has 0 aliphatic rings. The number of hydrogen-bond acceptors (Lipinski definition) is 4. The van der Waals surface area contributed by atoms with E-state index in [4.69, 9.17) is 20.4 Å². The molecule has 0 aromatic rings. The van der Waals surface area contributed by atoms with Crippen molar-refractivity contribution in [1.29, 1.82) is 0 Å². The van der Waals surface area contributed by atoms with Crippen LogP contribution in [-0.2, 0) is 9.59 Å². The maximum Gasteiger partial charge on any atom is 0.303 e. The predicted octanol–water partition coefficient (Wildman–Crippen LogP) is 0.464. The number of carbonyl (C=O) groups is 2. The Morgan fingerprint density at radius 2 is 1.12 bits per heavy atom. The van der Waals surface area contributed by atoms with Crippen molar-refractivity contribution in [2.45, 2.75) is 51.7 Å². The maximum absolute atomic E-state index is 9.79. The Balaban J connectivity index is 0. The van der Waals surface area contributed by atoms with Crippen LogP contribution in [-0.4, -0.2) is 44.6 Å². The first kappa shape index (κ1) is 17.3. The minimum Gasteiger partial charge on any atom is -0.481 e. The summed E-state index contributed by atoms with van der Waals surface area (Å²) in [4.78, 5) is 19.6. The summed E-state index contributed by atoms with van der Waals surface area (Å²) in [6, 6.07) is 0. The third-order valence-electron chi connectivity index (χ3n) is 1.55. The number of carboxylic acid groups (broad SMARTS) is 2. The molecule has 0 rings (SSSR count). The van der Waals surface area contributed by atoms with Gasteiger partial charge in [-0.15, -0.1) is 0 Å². The maximum atomic E-state index is 9.79. The van der Waals surface area contributed by atoms with Crippen LogP contribution in [0.25, 0.3) is 0 Å². The van der Waals surface area contributed by atoms with Crippen molar-refractivity contribution >= 4 is 11.9 Å². The van der Waals surface area contributed by atoms with Crippen LogP contribution in [0.1, 0.15) is 39.5 Å². The Bertz CT molecular complexity index is 177. The van der Waals surface area contributed by atoms with Gasteiger partial charge in [0.1, 0.15) is 0 Å². The van der Waals surface area contributed by atoms with E-state index < -0.39 is 24.1 Å². The van der Waals surface area contributed by atoms with E-state index in [9.17, 15) is 9.59 Å². The predicted molar refractivity (Wildman–Crippen MR) is 57.1 cm³/mol. The second-order valence-electron chi connectivity index (χ2n) is 3.56. The van der Waals surface area contributed by atoms with Crippen molar-refractivity contribution in [2.75, 3.05) is 0 Å². The summed E-state index contributed by atoms with van der Waals surface area (Å²) in [5.74, 6) is -1.71. The van der Waals surface area contributed by atoms with Crippen LogP contribution in [0, 0.1) is 0 Å². The second-order valence-corrected chi connectivity index (χ2v) is 3.56. The Labute approximate surface area is 94.5 Å². The van der Waals surface area contributed by atoms with E-state index in [-0.39, 0.29) is 12.8 Å². The Morgan fingerprint density at radius 1 is 0.875 bits per heavy atom. The molecule has 0 aliphatic carbocycles. The molecule has 96 valence electrons. The molecule has 4 N–H and O–H groups in total. The molecule has 0 aliphatic heterocycles. The fraction of sp³-hybridized carbons (Fsp3) is 0.800. The van der Waals surface area contributed by atoms with Crippen LogP contribution in [0.5, 0.6) is 0 Å². The van der Waals surface area contributed by atoms with Crippen LogP contribution in [0.2, 0.25) is 0 Å². The van der Waals surface area contributed by atoms with Gasteiger partial charge in [0, 0.05) is 12.8 Å². The number of hydrogen-bond donors (Lipinski definition) is 4. The molecule has 0 heterocycles. The average Bonchev–Trinajstić information content (AvgIpc) is 2.12. The van der Waals surface area contributed by atoms with Crippen molar-refractivity contribution in [3.63, 3.8) is 0 Å². The van der Waals surface area contributed by atoms with Crippen LogP contribution >= 0.6 is 0 Å². The fourth-order valence-corrected chi connectivity index (χ4v) is 0.665. The Morgan fingerprint density at radius 3 is 1.19 bits per heavy atom. The summed E-state index contributed by atoms with van der Waals surface area (Å²) in [5, 5.41) is 33.2. The van der Waals surface area contributed by atoms with E-state index in [1.54, 1.807) is 13.8 Å². The van der Waals surface area contributed by atoms with Gasteiger partial charge in [-0.1, -0.05) is 0 Å². The third kappa shape index (κ3) is 23.0. The standard InChI is InChI=1S/2C5H10O3/c2*1-4(6)2-3-5(7)8/h2*4,6H,2-3H2,1H3,(H,7,8). The summed E-state index contributed by atoms with van der Waals surface area (Å²) < 4.78 is 0. The van der Waals surface area contributed by atoms with Crippen LogP contribution in [0.4, 0.5) is 0 Å². The van der Waals surface area contributed by atoms with Crippen molar-refractivity contribution in [1.82, 2.24) is 0 Å². The zero-order chi connectivity index (χ0) is 13.1. The fourth-order valence-electron chi connectivity index (χ4n) is 0.665. The van der Waals surface area contributed by atoms with E-state index in [1.165, 1.54) is 0 Å². The molecule has 2 atom stereocenters. The van der Waals surface area contributed by atoms with E-state index in [0.717, 1.165) is 0 Å². The third-order valence-corrected chi connectivity index (χ3v) is 1.55. The topological polar surface area (TPSA) is 115 Å². The van der Waals surface area contributed by atoms with E-state index >= 15 is 0 Å². The molecule has 0 amide bonds. The number of aliphatic carboxylic acids is 2. The first-order chi connectivity index (χ1) is 7.25. The van der Waals surface area contributed by atoms with Crippen LogP contribution < -0.4 is 0 Å². The van der Waals surface area contributed by atoms with Gasteiger partial charge in [-0.2, -0.15) is 0 Å². The van der Waals surface area contributed by atoms with Gasteiger partial charge in [-0.3, -0.25) is 9.59 Å². The molecule has 0 fully saturated rings. The van der Waals surface area contributed by atoms with Gasteiger partial charge in [0.15, 0.2) is 0 Å². The van der Waals surface area contributed by atoms with Crippen LogP contribution in [0.15, 0.2) is 0 Å². The van der Waals surface area contributed by atoms with Gasteiger partial charge >= 0.3 is 11.9 Å². The summed E-state index contributed by atoms with van der Waals surface area (Å²) >= 11 is 0. The smallest absolute Gasteiger partial charge is 0.303 e. The highest BCUT2D eigenvalue weighted by atomic mass is 16.4. The van der Waals surface area contributed by atoms with Gasteiger partial charge < -0.3 is 20.4 Å². The summed E-state index contributed by atoms with van der Waals surface area (Å²) in [6.07, 6.45) is -0.197. The summed E-state index contributed by atoms with van der Waals surface area (Å²) in [7, 11) is 0. The average molecular weight is 236 g/mol. The lowest BCUT2D eigenvalue weighted by Crippen LogP contribution is -2.03. The molecule has 0 saturated heterocycles. The largest absolute Gasteiger partial charge is 0.481 e. The molecular weight excluding hydrogens is 216 g/mol. The first-order valence-electron chi connectivity index (χ1n) is 5.05. The summed E-state index contributed by atoms with van der Waals surface area (Å²) in [5.41, 5.74) is 0. The highest BCUT2D eigenvalue weighted by Crippen LogP contribution is 1.94. The lowest BCUT2D eigenvalue weighted by atomic mass is 10.2. The second kappa shape index (κ2) is 10.4. The normalized spacial score (nSPS) is 13.2. The SMILES string of the molecule is CC(O)CCC(=O)O.CC(O)CCC(=O)O. The van der Waals surface area contributed by atoms with Gasteiger partial charge in [-0.25, -0.2) is 0 Å². The lowest BCUT2D eigenvalue weighted by molar-refractivity contribution is -0.138. The van der Waals surface area contributed by atoms with Crippen molar-refractivity contribution < 1.29 is 30.0 Å². The van der Waals surface area contributed by atoms with E-state index in [1.807, 2.05) is 0 Å².